The number of carboxylic acids is 1. The van der Waals surface area contributed by atoms with E-state index in [0.29, 0.717) is 10.4 Å². The smallest absolute Gasteiger partial charge is 0.416 e. The molecule has 2 rings (SSSR count). The van der Waals surface area contributed by atoms with Gasteiger partial charge in [0.05, 0.1) is 11.1 Å². The average Bonchev–Trinajstić information content (AvgIpc) is 2.88. The van der Waals surface area contributed by atoms with E-state index in [1.54, 1.807) is 17.5 Å². The number of carboxylic acid groups (broad SMARTS) is 1. The van der Waals surface area contributed by atoms with Gasteiger partial charge in [0.25, 0.3) is 0 Å². The Balaban J connectivity index is 2.35. The zero-order valence-corrected chi connectivity index (χ0v) is 10.8. The predicted molar refractivity (Wildman–Crippen MR) is 71.3 cm³/mol. The maximum absolute atomic E-state index is 12.4. The van der Waals surface area contributed by atoms with Crippen molar-refractivity contribution in [2.75, 3.05) is 0 Å². The number of thiophene rings is 1. The molecule has 0 amide bonds. The Morgan fingerprint density at radius 2 is 1.80 bits per heavy atom. The van der Waals surface area contributed by atoms with E-state index < -0.39 is 17.7 Å². The van der Waals surface area contributed by atoms with Crippen molar-refractivity contribution in [1.82, 2.24) is 0 Å². The van der Waals surface area contributed by atoms with Gasteiger partial charge in [-0.1, -0.05) is 18.2 Å². The van der Waals surface area contributed by atoms with Crippen LogP contribution in [0.5, 0.6) is 0 Å². The van der Waals surface area contributed by atoms with Gasteiger partial charge in [-0.2, -0.15) is 13.2 Å². The highest BCUT2D eigenvalue weighted by Crippen LogP contribution is 2.30. The van der Waals surface area contributed by atoms with Crippen molar-refractivity contribution in [3.63, 3.8) is 0 Å². The molecule has 0 radical (unpaired) electrons. The van der Waals surface area contributed by atoms with Gasteiger partial charge in [-0.05, 0) is 35.2 Å². The van der Waals surface area contributed by atoms with Crippen LogP contribution in [0.25, 0.3) is 11.6 Å². The summed E-state index contributed by atoms with van der Waals surface area (Å²) in [7, 11) is 0. The van der Waals surface area contributed by atoms with Crippen LogP contribution in [-0.4, -0.2) is 11.1 Å². The van der Waals surface area contributed by atoms with Crippen molar-refractivity contribution in [2.24, 2.45) is 0 Å². The molecule has 0 bridgehead atoms. The van der Waals surface area contributed by atoms with Gasteiger partial charge < -0.3 is 5.11 Å². The van der Waals surface area contributed by atoms with Gasteiger partial charge >= 0.3 is 12.1 Å². The molecule has 20 heavy (non-hydrogen) atoms. The van der Waals surface area contributed by atoms with E-state index >= 15 is 0 Å². The zero-order chi connectivity index (χ0) is 14.8. The molecule has 1 heterocycles. The summed E-state index contributed by atoms with van der Waals surface area (Å²) in [4.78, 5) is 11.7. The van der Waals surface area contributed by atoms with Gasteiger partial charge in [-0.15, -0.1) is 11.3 Å². The molecule has 104 valence electrons. The Bertz CT molecular complexity index is 625. The SMILES string of the molecule is O=C(O)/C(=C/c1ccc(C(F)(F)F)cc1)c1cccs1. The first kappa shape index (κ1) is 14.3. The summed E-state index contributed by atoms with van der Waals surface area (Å²) >= 11 is 1.26. The largest absolute Gasteiger partial charge is 0.478 e. The number of hydrogen-bond acceptors (Lipinski definition) is 2. The van der Waals surface area contributed by atoms with Gasteiger partial charge in [-0.3, -0.25) is 0 Å². The van der Waals surface area contributed by atoms with Gasteiger partial charge in [0.2, 0.25) is 0 Å². The number of rotatable bonds is 3. The number of halogens is 3. The normalized spacial score (nSPS) is 12.4. The van der Waals surface area contributed by atoms with Crippen molar-refractivity contribution in [3.8, 4) is 0 Å². The Labute approximate surface area is 116 Å². The summed E-state index contributed by atoms with van der Waals surface area (Å²) in [5.74, 6) is -1.12. The lowest BCUT2D eigenvalue weighted by molar-refractivity contribution is -0.137. The summed E-state index contributed by atoms with van der Waals surface area (Å²) < 4.78 is 37.3. The van der Waals surface area contributed by atoms with E-state index in [1.165, 1.54) is 29.5 Å². The van der Waals surface area contributed by atoms with E-state index in [9.17, 15) is 18.0 Å². The Morgan fingerprint density at radius 1 is 1.15 bits per heavy atom. The van der Waals surface area contributed by atoms with Crippen molar-refractivity contribution >= 4 is 29.0 Å². The lowest BCUT2D eigenvalue weighted by Gasteiger charge is -2.06. The minimum Gasteiger partial charge on any atom is -0.478 e. The van der Waals surface area contributed by atoms with Crippen LogP contribution in [0.2, 0.25) is 0 Å². The molecular formula is C14H9F3O2S. The third-order valence-corrected chi connectivity index (χ3v) is 3.47. The lowest BCUT2D eigenvalue weighted by atomic mass is 10.1. The van der Waals surface area contributed by atoms with Crippen LogP contribution in [0, 0.1) is 0 Å². The molecule has 0 aliphatic rings. The molecule has 0 spiro atoms. The molecule has 0 unspecified atom stereocenters. The Hall–Kier alpha value is -2.08. The minimum absolute atomic E-state index is 0.0553. The molecule has 0 aliphatic carbocycles. The highest BCUT2D eigenvalue weighted by Gasteiger charge is 2.29. The first-order valence-electron chi connectivity index (χ1n) is 5.54. The van der Waals surface area contributed by atoms with E-state index in [-0.39, 0.29) is 5.57 Å². The quantitative estimate of drug-likeness (QED) is 0.853. The van der Waals surface area contributed by atoms with Crippen molar-refractivity contribution in [3.05, 3.63) is 57.8 Å². The molecule has 1 aromatic heterocycles. The molecular weight excluding hydrogens is 289 g/mol. The van der Waals surface area contributed by atoms with Gasteiger partial charge in [0.1, 0.15) is 0 Å². The van der Waals surface area contributed by atoms with Crippen molar-refractivity contribution in [1.29, 1.82) is 0 Å². The molecule has 1 N–H and O–H groups in total. The fraction of sp³-hybridized carbons (Fsp3) is 0.0714. The molecule has 0 saturated heterocycles. The summed E-state index contributed by atoms with van der Waals surface area (Å²) in [6.45, 7) is 0. The molecule has 0 aliphatic heterocycles. The summed E-state index contributed by atoms with van der Waals surface area (Å²) in [5, 5.41) is 10.9. The predicted octanol–water partition coefficient (Wildman–Crippen LogP) is 4.39. The molecule has 0 atom stereocenters. The molecule has 1 aromatic carbocycles. The summed E-state index contributed by atoms with van der Waals surface area (Å²) in [6, 6.07) is 7.72. The van der Waals surface area contributed by atoms with Gasteiger partial charge in [0.15, 0.2) is 0 Å². The molecule has 0 fully saturated rings. The number of hydrogen-bond donors (Lipinski definition) is 1. The second kappa shape index (κ2) is 5.50. The third-order valence-electron chi connectivity index (χ3n) is 2.57. The number of alkyl halides is 3. The van der Waals surface area contributed by atoms with Crippen LogP contribution in [0.1, 0.15) is 16.0 Å². The maximum atomic E-state index is 12.4. The van der Waals surface area contributed by atoms with Crippen LogP contribution >= 0.6 is 11.3 Å². The van der Waals surface area contributed by atoms with E-state index in [0.717, 1.165) is 12.1 Å². The van der Waals surface area contributed by atoms with E-state index in [4.69, 9.17) is 5.11 Å². The molecule has 2 nitrogen and oxygen atoms in total. The fourth-order valence-corrected chi connectivity index (χ4v) is 2.34. The average molecular weight is 298 g/mol. The Kier molecular flexibility index (Phi) is 3.94. The second-order valence-corrected chi connectivity index (χ2v) is 4.91. The standard InChI is InChI=1S/C14H9F3O2S/c15-14(16,17)10-5-3-9(4-6-10)8-11(13(18)19)12-2-1-7-20-12/h1-8H,(H,18,19)/b11-8+. The van der Waals surface area contributed by atoms with Crippen LogP contribution in [0.15, 0.2) is 41.8 Å². The first-order chi connectivity index (χ1) is 9.38. The molecule has 0 saturated carbocycles. The summed E-state index contributed by atoms with van der Waals surface area (Å²) in [5.41, 5.74) is -0.300. The maximum Gasteiger partial charge on any atom is 0.416 e. The minimum atomic E-state index is -4.40. The monoisotopic (exact) mass is 298 g/mol. The third kappa shape index (κ3) is 3.27. The number of aliphatic carboxylic acids is 1. The van der Waals surface area contributed by atoms with Crippen molar-refractivity contribution < 1.29 is 23.1 Å². The van der Waals surface area contributed by atoms with Crippen LogP contribution in [0.3, 0.4) is 0 Å². The van der Waals surface area contributed by atoms with Crippen LogP contribution in [0.4, 0.5) is 13.2 Å². The van der Waals surface area contributed by atoms with Crippen LogP contribution in [-0.2, 0) is 11.0 Å². The fourth-order valence-electron chi connectivity index (χ4n) is 1.61. The second-order valence-electron chi connectivity index (χ2n) is 3.96. The van der Waals surface area contributed by atoms with Crippen molar-refractivity contribution in [2.45, 2.75) is 6.18 Å². The highest BCUT2D eigenvalue weighted by atomic mass is 32.1. The lowest BCUT2D eigenvalue weighted by Crippen LogP contribution is -2.04. The van der Waals surface area contributed by atoms with Crippen LogP contribution < -0.4 is 0 Å². The van der Waals surface area contributed by atoms with Gasteiger partial charge in [0, 0.05) is 4.88 Å². The topological polar surface area (TPSA) is 37.3 Å². The molecule has 6 heteroatoms. The number of benzene rings is 1. The molecule has 2 aromatic rings. The highest BCUT2D eigenvalue weighted by molar-refractivity contribution is 7.11. The zero-order valence-electron chi connectivity index (χ0n) is 10.0. The Morgan fingerprint density at radius 3 is 2.25 bits per heavy atom. The van der Waals surface area contributed by atoms with Gasteiger partial charge in [-0.25, -0.2) is 4.79 Å². The van der Waals surface area contributed by atoms with E-state index in [2.05, 4.69) is 0 Å². The number of carbonyl (C=O) groups is 1. The summed E-state index contributed by atoms with van der Waals surface area (Å²) in [6.07, 6.45) is -3.04. The first-order valence-corrected chi connectivity index (χ1v) is 6.42. The van der Waals surface area contributed by atoms with E-state index in [1.807, 2.05) is 0 Å².